The lowest BCUT2D eigenvalue weighted by atomic mass is 9.94. The molecule has 0 spiro atoms. The number of nitrogens with zero attached hydrogens (tertiary/aromatic N) is 5. The molecule has 0 saturated carbocycles. The summed E-state index contributed by atoms with van der Waals surface area (Å²) in [4.78, 5) is 18.5. The van der Waals surface area contributed by atoms with Gasteiger partial charge in [-0.15, -0.1) is 10.2 Å². The van der Waals surface area contributed by atoms with Crippen LogP contribution in [0.25, 0.3) is 28.1 Å². The van der Waals surface area contributed by atoms with E-state index in [0.717, 1.165) is 64.9 Å². The molecule has 7 heteroatoms. The van der Waals surface area contributed by atoms with Crippen LogP contribution < -0.4 is 4.90 Å². The molecule has 0 radical (unpaired) electrons. The van der Waals surface area contributed by atoms with E-state index >= 15 is 0 Å². The number of H-pyrrole nitrogens is 1. The molecule has 37 heavy (non-hydrogen) atoms. The van der Waals surface area contributed by atoms with Crippen LogP contribution in [0.4, 0.5) is 5.69 Å². The second kappa shape index (κ2) is 10.8. The third kappa shape index (κ3) is 4.65. The molecule has 188 valence electrons. The zero-order valence-electron chi connectivity index (χ0n) is 21.6. The second-order valence-corrected chi connectivity index (χ2v) is 9.28. The molecule has 1 aliphatic heterocycles. The predicted molar refractivity (Wildman–Crippen MR) is 147 cm³/mol. The molecule has 1 aliphatic rings. The maximum atomic E-state index is 14.2. The van der Waals surface area contributed by atoms with Crippen LogP contribution >= 0.6 is 0 Å². The van der Waals surface area contributed by atoms with Crippen molar-refractivity contribution in [2.45, 2.75) is 45.7 Å². The summed E-state index contributed by atoms with van der Waals surface area (Å²) in [5, 5.41) is 14.6. The number of nitrogens with one attached hydrogen (secondary N) is 1. The van der Waals surface area contributed by atoms with Crippen LogP contribution in [0.3, 0.4) is 0 Å². The maximum absolute atomic E-state index is 14.2. The zero-order chi connectivity index (χ0) is 25.8. The van der Waals surface area contributed by atoms with E-state index < -0.39 is 0 Å². The van der Waals surface area contributed by atoms with Gasteiger partial charge < -0.3 is 4.90 Å². The first kappa shape index (κ1) is 24.4. The first-order valence-electron chi connectivity index (χ1n) is 12.9. The molecule has 4 aromatic rings. The molecule has 7 nitrogen and oxygen atoms in total. The molecule has 1 N–H and O–H groups in total. The molecule has 0 fully saturated rings. The Morgan fingerprint density at radius 3 is 2.22 bits per heavy atom. The van der Waals surface area contributed by atoms with Crippen LogP contribution in [0.15, 0.2) is 84.6 Å². The van der Waals surface area contributed by atoms with Crippen molar-refractivity contribution in [3.63, 3.8) is 0 Å². The van der Waals surface area contributed by atoms with Crippen LogP contribution in [0.1, 0.15) is 45.1 Å². The normalized spacial score (nSPS) is 16.0. The van der Waals surface area contributed by atoms with Gasteiger partial charge in [0, 0.05) is 24.0 Å². The summed E-state index contributed by atoms with van der Waals surface area (Å²) in [6.07, 6.45) is 3.80. The number of tetrazole rings is 1. The Morgan fingerprint density at radius 1 is 0.865 bits per heavy atom. The van der Waals surface area contributed by atoms with E-state index in [0.29, 0.717) is 5.82 Å². The summed E-state index contributed by atoms with van der Waals surface area (Å²) in [7, 11) is 2.12. The van der Waals surface area contributed by atoms with Gasteiger partial charge in [0.15, 0.2) is 0 Å². The first-order valence-corrected chi connectivity index (χ1v) is 12.9. The number of aromatic nitrogens is 4. The minimum atomic E-state index is -0.0349. The van der Waals surface area contributed by atoms with E-state index in [2.05, 4.69) is 58.6 Å². The molecule has 0 bridgehead atoms. The Hall–Kier alpha value is -4.26. The van der Waals surface area contributed by atoms with Gasteiger partial charge in [0.05, 0.1) is 5.57 Å². The highest BCUT2D eigenvalue weighted by Gasteiger charge is 2.38. The topological polar surface area (TPSA) is 78.0 Å². The van der Waals surface area contributed by atoms with Gasteiger partial charge >= 0.3 is 0 Å². The largest absolute Gasteiger partial charge is 0.357 e. The monoisotopic (exact) mass is 492 g/mol. The predicted octanol–water partition coefficient (Wildman–Crippen LogP) is 6.15. The molecule has 0 aliphatic carbocycles. The molecular weight excluding hydrogens is 460 g/mol. The molecule has 1 atom stereocenters. The Labute approximate surface area is 217 Å². The van der Waals surface area contributed by atoms with E-state index in [4.69, 9.17) is 0 Å². The van der Waals surface area contributed by atoms with Gasteiger partial charge in [0.1, 0.15) is 6.17 Å². The minimum absolute atomic E-state index is 0.0349. The summed E-state index contributed by atoms with van der Waals surface area (Å²) in [5.41, 5.74) is 6.67. The van der Waals surface area contributed by atoms with Gasteiger partial charge in [0.25, 0.3) is 5.91 Å². The van der Waals surface area contributed by atoms with E-state index in [1.54, 1.807) is 0 Å². The standard InChI is InChI=1S/C30H32N6O/c1-4-6-16-27-35(3)26(5-2)28(22-12-8-7-9-13-22)30(37)36(27)23-19-17-21(18-20-23)24-14-10-11-15-25(24)29-31-33-34-32-29/h7-15,17-20,27H,4-6,16H2,1-3H3,(H,31,32,33,34). The van der Waals surface area contributed by atoms with E-state index in [-0.39, 0.29) is 12.1 Å². The molecule has 3 aromatic carbocycles. The molecule has 1 amide bonds. The van der Waals surface area contributed by atoms with Crippen LogP contribution in [0.5, 0.6) is 0 Å². The Bertz CT molecular complexity index is 1380. The summed E-state index contributed by atoms with van der Waals surface area (Å²) in [5.74, 6) is 0.610. The number of hydrogen-bond acceptors (Lipinski definition) is 5. The van der Waals surface area contributed by atoms with Crippen molar-refractivity contribution in [2.24, 2.45) is 0 Å². The van der Waals surface area contributed by atoms with Crippen molar-refractivity contribution >= 4 is 17.2 Å². The highest BCUT2D eigenvalue weighted by Crippen LogP contribution is 2.38. The molecule has 1 aromatic heterocycles. The highest BCUT2D eigenvalue weighted by atomic mass is 16.2. The number of hydrogen-bond donors (Lipinski definition) is 1. The van der Waals surface area contributed by atoms with E-state index in [1.807, 2.05) is 71.6 Å². The van der Waals surface area contributed by atoms with Crippen molar-refractivity contribution < 1.29 is 4.79 Å². The van der Waals surface area contributed by atoms with Crippen molar-refractivity contribution in [1.82, 2.24) is 25.5 Å². The fourth-order valence-corrected chi connectivity index (χ4v) is 5.24. The third-order valence-electron chi connectivity index (χ3n) is 7.08. The molecule has 2 heterocycles. The van der Waals surface area contributed by atoms with Crippen LogP contribution in [0.2, 0.25) is 0 Å². The lowest BCUT2D eigenvalue weighted by Crippen LogP contribution is -2.54. The number of benzene rings is 3. The number of unbranched alkanes of at least 4 members (excludes halogenated alkanes) is 1. The van der Waals surface area contributed by atoms with Gasteiger partial charge in [-0.05, 0) is 53.3 Å². The van der Waals surface area contributed by atoms with Gasteiger partial charge in [-0.2, -0.15) is 5.21 Å². The number of amides is 1. The van der Waals surface area contributed by atoms with Crippen molar-refractivity contribution in [1.29, 1.82) is 0 Å². The lowest BCUT2D eigenvalue weighted by molar-refractivity contribution is -0.115. The summed E-state index contributed by atoms with van der Waals surface area (Å²) < 4.78 is 0. The van der Waals surface area contributed by atoms with Crippen LogP contribution in [-0.2, 0) is 4.79 Å². The molecule has 0 saturated heterocycles. The molecule has 5 rings (SSSR count). The summed E-state index contributed by atoms with van der Waals surface area (Å²) in [6.45, 7) is 4.32. The lowest BCUT2D eigenvalue weighted by Gasteiger charge is -2.45. The van der Waals surface area contributed by atoms with Crippen molar-refractivity contribution in [2.75, 3.05) is 11.9 Å². The van der Waals surface area contributed by atoms with Crippen molar-refractivity contribution in [3.05, 3.63) is 90.1 Å². The Kier molecular flexibility index (Phi) is 7.12. The summed E-state index contributed by atoms with van der Waals surface area (Å²) >= 11 is 0. The van der Waals surface area contributed by atoms with E-state index in [1.165, 1.54) is 0 Å². The first-order chi connectivity index (χ1) is 18.1. The average molecular weight is 493 g/mol. The van der Waals surface area contributed by atoms with Gasteiger partial charge in [-0.1, -0.05) is 87.0 Å². The summed E-state index contributed by atoms with van der Waals surface area (Å²) in [6, 6.07) is 26.3. The minimum Gasteiger partial charge on any atom is -0.357 e. The smallest absolute Gasteiger partial charge is 0.262 e. The number of carbonyl (C=O) groups is 1. The van der Waals surface area contributed by atoms with Crippen LogP contribution in [-0.4, -0.2) is 44.6 Å². The maximum Gasteiger partial charge on any atom is 0.262 e. The Balaban J connectivity index is 1.56. The van der Waals surface area contributed by atoms with Gasteiger partial charge in [-0.3, -0.25) is 9.69 Å². The quantitative estimate of drug-likeness (QED) is 0.319. The second-order valence-electron chi connectivity index (χ2n) is 9.28. The number of allylic oxidation sites excluding steroid dienone is 1. The highest BCUT2D eigenvalue weighted by molar-refractivity contribution is 6.28. The van der Waals surface area contributed by atoms with Gasteiger partial charge in [0.2, 0.25) is 5.82 Å². The average Bonchev–Trinajstić information content (AvgIpc) is 3.49. The number of carbonyl (C=O) groups excluding carboxylic acids is 1. The third-order valence-corrected chi connectivity index (χ3v) is 7.08. The Morgan fingerprint density at radius 2 is 1.57 bits per heavy atom. The number of aromatic amines is 1. The number of rotatable bonds is 8. The molecule has 1 unspecified atom stereocenters. The fraction of sp³-hybridized carbons (Fsp3) is 0.267. The molecular formula is C30H32N6O. The number of anilines is 1. The van der Waals surface area contributed by atoms with Crippen LogP contribution in [0, 0.1) is 0 Å². The zero-order valence-corrected chi connectivity index (χ0v) is 21.6. The fourth-order valence-electron chi connectivity index (χ4n) is 5.24. The van der Waals surface area contributed by atoms with E-state index in [9.17, 15) is 4.79 Å². The SMILES string of the molecule is CCCCC1N(C)C(CC)=C(c2ccccc2)C(=O)N1c1ccc(-c2ccccc2-c2nn[nH]n2)cc1. The van der Waals surface area contributed by atoms with Gasteiger partial charge in [-0.25, -0.2) is 0 Å². The van der Waals surface area contributed by atoms with Crippen molar-refractivity contribution in [3.8, 4) is 22.5 Å².